The molecule has 0 bridgehead atoms. The van der Waals surface area contributed by atoms with Crippen molar-refractivity contribution in [2.24, 2.45) is 5.73 Å². The van der Waals surface area contributed by atoms with E-state index in [0.717, 1.165) is 0 Å². The zero-order valence-electron chi connectivity index (χ0n) is 6.53. The summed E-state index contributed by atoms with van der Waals surface area (Å²) in [5, 5.41) is 17.7. The van der Waals surface area contributed by atoms with Gasteiger partial charge in [0, 0.05) is 0 Å². The monoisotopic (exact) mass is 157 g/mol. The van der Waals surface area contributed by atoms with Crippen molar-refractivity contribution in [3.8, 4) is 0 Å². The maximum atomic E-state index is 8.87. The fourth-order valence-corrected chi connectivity index (χ4v) is 0.832. The first kappa shape index (κ1) is 10.4. The van der Waals surface area contributed by atoms with Gasteiger partial charge in [0.2, 0.25) is 0 Å². The van der Waals surface area contributed by atoms with Crippen LogP contribution in [0.25, 0.3) is 0 Å². The van der Waals surface area contributed by atoms with Crippen molar-refractivity contribution in [1.82, 2.24) is 0 Å². The molecule has 64 valence electrons. The maximum Gasteiger partial charge on any atom is 0.170 e. The third kappa shape index (κ3) is 2.84. The van der Waals surface area contributed by atoms with Gasteiger partial charge in [0.25, 0.3) is 0 Å². The standard InChI is InChI=1S/C8H15NO2/c1-3-5-8(9,6-4-2)7(10)11/h3-4,7,10-11H,1-2,5-6,9H2. The second kappa shape index (κ2) is 4.28. The smallest absolute Gasteiger partial charge is 0.170 e. The van der Waals surface area contributed by atoms with Crippen LogP contribution < -0.4 is 5.73 Å². The van der Waals surface area contributed by atoms with Gasteiger partial charge in [-0.1, -0.05) is 12.2 Å². The van der Waals surface area contributed by atoms with E-state index in [1.54, 1.807) is 12.2 Å². The predicted octanol–water partition coefficient (Wildman–Crippen LogP) is 0.147. The van der Waals surface area contributed by atoms with Crippen molar-refractivity contribution in [3.63, 3.8) is 0 Å². The fraction of sp³-hybridized carbons (Fsp3) is 0.500. The van der Waals surface area contributed by atoms with Crippen LogP contribution in [-0.2, 0) is 0 Å². The van der Waals surface area contributed by atoms with E-state index in [2.05, 4.69) is 13.2 Å². The average Bonchev–Trinajstić information content (AvgIpc) is 1.88. The molecule has 3 nitrogen and oxygen atoms in total. The fourth-order valence-electron chi connectivity index (χ4n) is 0.832. The van der Waals surface area contributed by atoms with Gasteiger partial charge >= 0.3 is 0 Å². The Hall–Kier alpha value is -0.640. The van der Waals surface area contributed by atoms with Crippen molar-refractivity contribution in [2.75, 3.05) is 0 Å². The van der Waals surface area contributed by atoms with E-state index in [-0.39, 0.29) is 0 Å². The molecule has 0 aromatic carbocycles. The molecular formula is C8H15NO2. The van der Waals surface area contributed by atoms with E-state index in [4.69, 9.17) is 15.9 Å². The molecule has 0 aliphatic rings. The van der Waals surface area contributed by atoms with Crippen LogP contribution in [0, 0.1) is 0 Å². The summed E-state index contributed by atoms with van der Waals surface area (Å²) in [6.45, 7) is 6.95. The topological polar surface area (TPSA) is 66.5 Å². The Balaban J connectivity index is 4.23. The van der Waals surface area contributed by atoms with Gasteiger partial charge in [-0.2, -0.15) is 0 Å². The lowest BCUT2D eigenvalue weighted by Crippen LogP contribution is -2.50. The van der Waals surface area contributed by atoms with Crippen molar-refractivity contribution >= 4 is 0 Å². The largest absolute Gasteiger partial charge is 0.367 e. The molecule has 0 spiro atoms. The lowest BCUT2D eigenvalue weighted by Gasteiger charge is -2.28. The zero-order valence-corrected chi connectivity index (χ0v) is 6.53. The summed E-state index contributed by atoms with van der Waals surface area (Å²) in [7, 11) is 0. The number of aliphatic hydroxyl groups excluding tert-OH is 1. The summed E-state index contributed by atoms with van der Waals surface area (Å²) in [4.78, 5) is 0. The summed E-state index contributed by atoms with van der Waals surface area (Å²) in [6, 6.07) is 0. The molecule has 0 rings (SSSR count). The van der Waals surface area contributed by atoms with Crippen LogP contribution in [0.5, 0.6) is 0 Å². The predicted molar refractivity (Wildman–Crippen MR) is 44.8 cm³/mol. The van der Waals surface area contributed by atoms with E-state index >= 15 is 0 Å². The molecule has 0 unspecified atom stereocenters. The van der Waals surface area contributed by atoms with Gasteiger partial charge in [-0.15, -0.1) is 13.2 Å². The molecule has 0 saturated carbocycles. The van der Waals surface area contributed by atoms with E-state index in [1.807, 2.05) is 0 Å². The minimum atomic E-state index is -1.53. The first-order chi connectivity index (χ1) is 5.06. The van der Waals surface area contributed by atoms with E-state index in [1.165, 1.54) is 0 Å². The van der Waals surface area contributed by atoms with Crippen LogP contribution in [0.4, 0.5) is 0 Å². The molecule has 0 fully saturated rings. The average molecular weight is 157 g/mol. The summed E-state index contributed by atoms with van der Waals surface area (Å²) < 4.78 is 0. The van der Waals surface area contributed by atoms with Gasteiger partial charge in [0.05, 0.1) is 5.54 Å². The van der Waals surface area contributed by atoms with E-state index < -0.39 is 11.8 Å². The Morgan fingerprint density at radius 1 is 1.27 bits per heavy atom. The first-order valence-corrected chi connectivity index (χ1v) is 3.43. The van der Waals surface area contributed by atoms with Gasteiger partial charge in [0.15, 0.2) is 6.29 Å². The summed E-state index contributed by atoms with van der Waals surface area (Å²) >= 11 is 0. The van der Waals surface area contributed by atoms with Crippen molar-refractivity contribution in [2.45, 2.75) is 24.7 Å². The normalized spacial score (nSPS) is 11.6. The number of nitrogens with two attached hydrogens (primary N) is 1. The SMILES string of the molecule is C=CCC(N)(CC=C)C(O)O. The minimum Gasteiger partial charge on any atom is -0.367 e. The molecular weight excluding hydrogens is 142 g/mol. The number of hydrogen-bond donors (Lipinski definition) is 3. The summed E-state index contributed by atoms with van der Waals surface area (Å²) in [5.74, 6) is 0. The number of rotatable bonds is 5. The van der Waals surface area contributed by atoms with Crippen LogP contribution in [0.2, 0.25) is 0 Å². The Kier molecular flexibility index (Phi) is 4.03. The molecule has 0 aromatic heterocycles. The Bertz CT molecular complexity index is 133. The molecule has 0 radical (unpaired) electrons. The molecule has 11 heavy (non-hydrogen) atoms. The number of hydrogen-bond acceptors (Lipinski definition) is 3. The summed E-state index contributed by atoms with van der Waals surface area (Å²) in [5.41, 5.74) is 4.60. The molecule has 0 atom stereocenters. The highest BCUT2D eigenvalue weighted by molar-refractivity contribution is 4.97. The Morgan fingerprint density at radius 2 is 1.64 bits per heavy atom. The van der Waals surface area contributed by atoms with Crippen LogP contribution in [-0.4, -0.2) is 22.0 Å². The molecule has 0 aromatic rings. The highest BCUT2D eigenvalue weighted by Crippen LogP contribution is 2.16. The van der Waals surface area contributed by atoms with Crippen molar-refractivity contribution < 1.29 is 10.2 Å². The van der Waals surface area contributed by atoms with Gasteiger partial charge in [-0.3, -0.25) is 0 Å². The molecule has 3 heteroatoms. The molecule has 0 amide bonds. The highest BCUT2D eigenvalue weighted by atomic mass is 16.5. The van der Waals surface area contributed by atoms with Gasteiger partial charge < -0.3 is 15.9 Å². The van der Waals surface area contributed by atoms with Crippen LogP contribution in [0.1, 0.15) is 12.8 Å². The second-order valence-electron chi connectivity index (χ2n) is 2.59. The van der Waals surface area contributed by atoms with Gasteiger partial charge in [0.1, 0.15) is 0 Å². The van der Waals surface area contributed by atoms with E-state index in [0.29, 0.717) is 12.8 Å². The molecule has 0 aliphatic carbocycles. The van der Waals surface area contributed by atoms with Crippen molar-refractivity contribution in [3.05, 3.63) is 25.3 Å². The first-order valence-electron chi connectivity index (χ1n) is 3.43. The molecule has 4 N–H and O–H groups in total. The molecule has 0 saturated heterocycles. The van der Waals surface area contributed by atoms with E-state index in [9.17, 15) is 0 Å². The lowest BCUT2D eigenvalue weighted by atomic mass is 9.92. The van der Waals surface area contributed by atoms with Crippen molar-refractivity contribution in [1.29, 1.82) is 0 Å². The number of aliphatic hydroxyl groups is 2. The maximum absolute atomic E-state index is 8.87. The second-order valence-corrected chi connectivity index (χ2v) is 2.59. The summed E-state index contributed by atoms with van der Waals surface area (Å²) in [6.07, 6.45) is 2.30. The van der Waals surface area contributed by atoms with Crippen LogP contribution in [0.3, 0.4) is 0 Å². The third-order valence-electron chi connectivity index (χ3n) is 1.56. The quantitative estimate of drug-likeness (QED) is 0.393. The van der Waals surface area contributed by atoms with Gasteiger partial charge in [-0.25, -0.2) is 0 Å². The Morgan fingerprint density at radius 3 is 1.82 bits per heavy atom. The molecule has 0 heterocycles. The lowest BCUT2D eigenvalue weighted by molar-refractivity contribution is -0.0945. The zero-order chi connectivity index (χ0) is 8.91. The van der Waals surface area contributed by atoms with Gasteiger partial charge in [-0.05, 0) is 12.8 Å². The minimum absolute atomic E-state index is 0.358. The Labute approximate surface area is 66.8 Å². The van der Waals surface area contributed by atoms with Crippen LogP contribution >= 0.6 is 0 Å². The highest BCUT2D eigenvalue weighted by Gasteiger charge is 2.29. The van der Waals surface area contributed by atoms with Crippen LogP contribution in [0.15, 0.2) is 25.3 Å². The third-order valence-corrected chi connectivity index (χ3v) is 1.56. The molecule has 0 aliphatic heterocycles.